The number of nitrogens with one attached hydrogen (secondary N) is 2. The summed E-state index contributed by atoms with van der Waals surface area (Å²) in [5, 5.41) is 6.32. The van der Waals surface area contributed by atoms with Crippen molar-refractivity contribution in [3.05, 3.63) is 58.7 Å². The van der Waals surface area contributed by atoms with Crippen LogP contribution in [0.5, 0.6) is 0 Å². The topological polar surface area (TPSA) is 61.4 Å². The van der Waals surface area contributed by atoms with E-state index in [9.17, 15) is 9.59 Å². The number of rotatable bonds is 6. The zero-order chi connectivity index (χ0) is 20.3. The van der Waals surface area contributed by atoms with Gasteiger partial charge in [-0.1, -0.05) is 42.8 Å². The summed E-state index contributed by atoms with van der Waals surface area (Å²) in [5.74, 6) is -0.432. The molecule has 1 fully saturated rings. The lowest BCUT2D eigenvalue weighted by Gasteiger charge is -2.22. The van der Waals surface area contributed by atoms with Gasteiger partial charge < -0.3 is 15.5 Å². The summed E-state index contributed by atoms with van der Waals surface area (Å²) < 4.78 is 0. The molecule has 0 radical (unpaired) electrons. The zero-order valence-corrected chi connectivity index (χ0v) is 17.1. The number of amides is 2. The van der Waals surface area contributed by atoms with Gasteiger partial charge in [0.1, 0.15) is 0 Å². The third-order valence-corrected chi connectivity index (χ3v) is 5.24. The SMILES string of the molecule is CCNCc1ccccc1NC(=O)C1CC(=O)N(c2c(C)cc(C)cc2C)C1. The van der Waals surface area contributed by atoms with Gasteiger partial charge in [0.05, 0.1) is 5.92 Å². The Hall–Kier alpha value is -2.66. The van der Waals surface area contributed by atoms with E-state index in [0.29, 0.717) is 13.1 Å². The molecule has 148 valence electrons. The van der Waals surface area contributed by atoms with Crippen molar-refractivity contribution in [2.45, 2.75) is 40.7 Å². The van der Waals surface area contributed by atoms with Gasteiger partial charge in [0, 0.05) is 30.9 Å². The van der Waals surface area contributed by atoms with Gasteiger partial charge >= 0.3 is 0 Å². The van der Waals surface area contributed by atoms with Crippen LogP contribution in [0.2, 0.25) is 0 Å². The third-order valence-electron chi connectivity index (χ3n) is 5.24. The number of hydrogen-bond donors (Lipinski definition) is 2. The molecule has 28 heavy (non-hydrogen) atoms. The number of benzene rings is 2. The van der Waals surface area contributed by atoms with Crippen molar-refractivity contribution in [2.75, 3.05) is 23.3 Å². The first-order chi connectivity index (χ1) is 13.4. The largest absolute Gasteiger partial charge is 0.325 e. The quantitative estimate of drug-likeness (QED) is 0.804. The predicted molar refractivity (Wildman–Crippen MR) is 114 cm³/mol. The first-order valence-corrected chi connectivity index (χ1v) is 9.88. The molecule has 0 saturated carbocycles. The lowest BCUT2D eigenvalue weighted by Crippen LogP contribution is -2.29. The van der Waals surface area contributed by atoms with Crippen LogP contribution in [0.25, 0.3) is 0 Å². The van der Waals surface area contributed by atoms with Crippen molar-refractivity contribution in [3.8, 4) is 0 Å². The summed E-state index contributed by atoms with van der Waals surface area (Å²) in [5.41, 5.74) is 6.12. The van der Waals surface area contributed by atoms with Crippen LogP contribution in [0.3, 0.4) is 0 Å². The minimum Gasteiger partial charge on any atom is -0.325 e. The Balaban J connectivity index is 1.75. The predicted octanol–water partition coefficient (Wildman–Crippen LogP) is 3.71. The minimum absolute atomic E-state index is 0.0103. The lowest BCUT2D eigenvalue weighted by atomic mass is 10.0. The van der Waals surface area contributed by atoms with Gasteiger partial charge in [-0.2, -0.15) is 0 Å². The van der Waals surface area contributed by atoms with Crippen LogP contribution in [-0.2, 0) is 16.1 Å². The Bertz CT molecular complexity index is 868. The highest BCUT2D eigenvalue weighted by molar-refractivity contribution is 6.04. The molecular weight excluding hydrogens is 350 g/mol. The van der Waals surface area contributed by atoms with E-state index in [0.717, 1.165) is 34.6 Å². The van der Waals surface area contributed by atoms with E-state index in [2.05, 4.69) is 36.6 Å². The van der Waals surface area contributed by atoms with Crippen molar-refractivity contribution in [1.82, 2.24) is 5.32 Å². The minimum atomic E-state index is -0.347. The monoisotopic (exact) mass is 379 g/mol. The van der Waals surface area contributed by atoms with Gasteiger partial charge in [-0.05, 0) is 50.1 Å². The van der Waals surface area contributed by atoms with Crippen molar-refractivity contribution >= 4 is 23.2 Å². The molecule has 0 aliphatic carbocycles. The molecule has 2 amide bonds. The van der Waals surface area contributed by atoms with Crippen LogP contribution in [0, 0.1) is 26.7 Å². The molecule has 5 nitrogen and oxygen atoms in total. The van der Waals surface area contributed by atoms with Gasteiger partial charge in [-0.3, -0.25) is 9.59 Å². The van der Waals surface area contributed by atoms with Crippen LogP contribution in [0.1, 0.15) is 35.6 Å². The number of hydrogen-bond acceptors (Lipinski definition) is 3. The maximum Gasteiger partial charge on any atom is 0.229 e. The third kappa shape index (κ3) is 4.25. The van der Waals surface area contributed by atoms with E-state index < -0.39 is 0 Å². The summed E-state index contributed by atoms with van der Waals surface area (Å²) >= 11 is 0. The van der Waals surface area contributed by atoms with Crippen LogP contribution < -0.4 is 15.5 Å². The molecule has 0 aromatic heterocycles. The van der Waals surface area contributed by atoms with Crippen molar-refractivity contribution in [1.29, 1.82) is 0 Å². The number of para-hydroxylation sites is 1. The second-order valence-electron chi connectivity index (χ2n) is 7.58. The van der Waals surface area contributed by atoms with Crippen LogP contribution in [-0.4, -0.2) is 24.9 Å². The number of nitrogens with zero attached hydrogens (tertiary/aromatic N) is 1. The van der Waals surface area contributed by atoms with E-state index in [1.54, 1.807) is 4.90 Å². The number of carbonyl (C=O) groups is 2. The molecule has 2 N–H and O–H groups in total. The molecule has 3 rings (SSSR count). The molecule has 1 aliphatic rings. The Labute approximate surface area is 167 Å². The average Bonchev–Trinajstić information content (AvgIpc) is 3.02. The van der Waals surface area contributed by atoms with Gasteiger partial charge in [-0.25, -0.2) is 0 Å². The van der Waals surface area contributed by atoms with E-state index in [1.165, 1.54) is 5.56 Å². The Morgan fingerprint density at radius 2 is 1.82 bits per heavy atom. The summed E-state index contributed by atoms with van der Waals surface area (Å²) in [6.45, 7) is 10.1. The first-order valence-electron chi connectivity index (χ1n) is 9.88. The Morgan fingerprint density at radius 1 is 1.14 bits per heavy atom. The molecule has 2 aromatic carbocycles. The fourth-order valence-electron chi connectivity index (χ4n) is 3.99. The van der Waals surface area contributed by atoms with E-state index in [4.69, 9.17) is 0 Å². The fourth-order valence-corrected chi connectivity index (χ4v) is 3.99. The molecule has 1 unspecified atom stereocenters. The molecule has 1 saturated heterocycles. The molecule has 1 heterocycles. The van der Waals surface area contributed by atoms with Gasteiger partial charge in [0.2, 0.25) is 11.8 Å². The molecule has 5 heteroatoms. The first kappa shape index (κ1) is 20.1. The van der Waals surface area contributed by atoms with E-state index in [-0.39, 0.29) is 24.2 Å². The van der Waals surface area contributed by atoms with Crippen LogP contribution in [0.15, 0.2) is 36.4 Å². The standard InChI is InChI=1S/C23H29N3O2/c1-5-24-13-18-8-6-7-9-20(18)25-23(28)19-12-21(27)26(14-19)22-16(3)10-15(2)11-17(22)4/h6-11,19,24H,5,12-14H2,1-4H3,(H,25,28). The summed E-state index contributed by atoms with van der Waals surface area (Å²) in [4.78, 5) is 27.3. The van der Waals surface area contributed by atoms with Crippen molar-refractivity contribution in [3.63, 3.8) is 0 Å². The molecule has 1 aliphatic heterocycles. The highest BCUT2D eigenvalue weighted by Gasteiger charge is 2.36. The zero-order valence-electron chi connectivity index (χ0n) is 17.1. The van der Waals surface area contributed by atoms with Gasteiger partial charge in [-0.15, -0.1) is 0 Å². The molecular formula is C23H29N3O2. The van der Waals surface area contributed by atoms with Crippen LogP contribution in [0.4, 0.5) is 11.4 Å². The van der Waals surface area contributed by atoms with Crippen molar-refractivity contribution < 1.29 is 9.59 Å². The molecule has 1 atom stereocenters. The maximum absolute atomic E-state index is 12.9. The Morgan fingerprint density at radius 3 is 2.50 bits per heavy atom. The maximum atomic E-state index is 12.9. The molecule has 0 bridgehead atoms. The highest BCUT2D eigenvalue weighted by Crippen LogP contribution is 2.32. The number of aryl methyl sites for hydroxylation is 3. The Kier molecular flexibility index (Phi) is 6.15. The second kappa shape index (κ2) is 8.57. The fraction of sp³-hybridized carbons (Fsp3) is 0.391. The van der Waals surface area contributed by atoms with Crippen LogP contribution >= 0.6 is 0 Å². The second-order valence-corrected chi connectivity index (χ2v) is 7.58. The van der Waals surface area contributed by atoms with E-state index >= 15 is 0 Å². The van der Waals surface area contributed by atoms with Gasteiger partial charge in [0.25, 0.3) is 0 Å². The lowest BCUT2D eigenvalue weighted by molar-refractivity contribution is -0.122. The average molecular weight is 380 g/mol. The van der Waals surface area contributed by atoms with Crippen molar-refractivity contribution in [2.24, 2.45) is 5.92 Å². The van der Waals surface area contributed by atoms with Gasteiger partial charge in [0.15, 0.2) is 0 Å². The summed E-state index contributed by atoms with van der Waals surface area (Å²) in [7, 11) is 0. The molecule has 2 aromatic rings. The number of carbonyl (C=O) groups excluding carboxylic acids is 2. The smallest absolute Gasteiger partial charge is 0.229 e. The summed E-state index contributed by atoms with van der Waals surface area (Å²) in [6, 6.07) is 12.0. The van der Waals surface area contributed by atoms with E-state index in [1.807, 2.05) is 38.1 Å². The normalized spacial score (nSPS) is 16.5. The molecule has 0 spiro atoms. The number of anilines is 2. The highest BCUT2D eigenvalue weighted by atomic mass is 16.2. The summed E-state index contributed by atoms with van der Waals surface area (Å²) in [6.07, 6.45) is 0.244.